The van der Waals surface area contributed by atoms with Crippen molar-refractivity contribution in [3.63, 3.8) is 0 Å². The summed E-state index contributed by atoms with van der Waals surface area (Å²) in [6, 6.07) is 12.4. The van der Waals surface area contributed by atoms with Crippen LogP contribution in [-0.4, -0.2) is 49.1 Å². The summed E-state index contributed by atoms with van der Waals surface area (Å²) in [7, 11) is 1.78. The smallest absolute Gasteiger partial charge is 0.368 e. The summed E-state index contributed by atoms with van der Waals surface area (Å²) in [5, 5.41) is 4.10. The quantitative estimate of drug-likeness (QED) is 0.423. The molecule has 4 rings (SSSR count). The van der Waals surface area contributed by atoms with E-state index in [0.717, 1.165) is 5.69 Å². The van der Waals surface area contributed by atoms with Crippen molar-refractivity contribution >= 4 is 29.3 Å². The van der Waals surface area contributed by atoms with Gasteiger partial charge >= 0.3 is 6.18 Å². The Morgan fingerprint density at radius 3 is 2.47 bits per heavy atom. The molecule has 0 aliphatic heterocycles. The van der Waals surface area contributed by atoms with E-state index in [1.807, 2.05) is 30.3 Å². The van der Waals surface area contributed by atoms with Gasteiger partial charge in [0.2, 0.25) is 23.5 Å². The molecule has 13 heteroatoms. The van der Waals surface area contributed by atoms with Gasteiger partial charge in [0.15, 0.2) is 0 Å². The van der Waals surface area contributed by atoms with E-state index in [-0.39, 0.29) is 34.5 Å². The van der Waals surface area contributed by atoms with Crippen LogP contribution in [0.15, 0.2) is 58.2 Å². The lowest BCUT2D eigenvalue weighted by Crippen LogP contribution is -2.15. The maximum Gasteiger partial charge on any atom is 0.398 e. The van der Waals surface area contributed by atoms with Crippen LogP contribution in [0.3, 0.4) is 0 Å². The summed E-state index contributed by atoms with van der Waals surface area (Å²) in [6.07, 6.45) is -2.92. The topological polar surface area (TPSA) is 120 Å². The van der Waals surface area contributed by atoms with Crippen molar-refractivity contribution < 1.29 is 17.7 Å². The van der Waals surface area contributed by atoms with Gasteiger partial charge in [-0.2, -0.15) is 33.1 Å². The number of benzene rings is 1. The molecule has 3 heterocycles. The molecule has 0 aliphatic carbocycles. The fourth-order valence-corrected chi connectivity index (χ4v) is 3.18. The Bertz CT molecular complexity index is 1200. The number of nitrogens with two attached hydrogens (primary N) is 1. The molecule has 0 saturated heterocycles. The molecule has 164 valence electrons. The van der Waals surface area contributed by atoms with Crippen molar-refractivity contribution in [2.45, 2.75) is 11.2 Å². The molecule has 0 saturated carbocycles. The number of nitrogen functional groups attached to an aromatic ring is 1. The van der Waals surface area contributed by atoms with E-state index in [1.54, 1.807) is 18.0 Å². The van der Waals surface area contributed by atoms with Gasteiger partial charge in [-0.3, -0.25) is 0 Å². The molecule has 1 aromatic carbocycles. The lowest BCUT2D eigenvalue weighted by molar-refractivity contribution is -0.105. The summed E-state index contributed by atoms with van der Waals surface area (Å²) in [5.41, 5.74) is 7.11. The number of nitrogens with zero attached hydrogens (tertiary/aromatic N) is 7. The van der Waals surface area contributed by atoms with Gasteiger partial charge in [0.25, 0.3) is 5.89 Å². The zero-order chi connectivity index (χ0) is 22.7. The Morgan fingerprint density at radius 1 is 1.00 bits per heavy atom. The molecule has 0 bridgehead atoms. The van der Waals surface area contributed by atoms with Gasteiger partial charge in [0, 0.05) is 18.9 Å². The molecule has 3 aromatic heterocycles. The Hall–Kier alpha value is -3.74. The van der Waals surface area contributed by atoms with E-state index in [4.69, 9.17) is 10.3 Å². The van der Waals surface area contributed by atoms with Crippen LogP contribution in [0.25, 0.3) is 23.1 Å². The normalized spacial score (nSPS) is 11.5. The minimum atomic E-state index is -4.27. The van der Waals surface area contributed by atoms with Gasteiger partial charge < -0.3 is 15.2 Å². The molecule has 0 unspecified atom stereocenters. The van der Waals surface area contributed by atoms with Crippen molar-refractivity contribution in [1.82, 2.24) is 30.1 Å². The Balaban J connectivity index is 1.55. The van der Waals surface area contributed by atoms with Crippen LogP contribution in [0, 0.1) is 0 Å². The first kappa shape index (κ1) is 21.5. The molecule has 0 fully saturated rings. The molecule has 0 amide bonds. The summed E-state index contributed by atoms with van der Waals surface area (Å²) < 4.78 is 42.3. The third kappa shape index (κ3) is 5.11. The second kappa shape index (κ2) is 8.78. The zero-order valence-electron chi connectivity index (χ0n) is 16.5. The van der Waals surface area contributed by atoms with Crippen LogP contribution in [0.5, 0.6) is 0 Å². The van der Waals surface area contributed by atoms with E-state index in [2.05, 4.69) is 30.1 Å². The van der Waals surface area contributed by atoms with E-state index >= 15 is 0 Å². The predicted molar refractivity (Wildman–Crippen MR) is 112 cm³/mol. The molecule has 2 N–H and O–H groups in total. The highest BCUT2D eigenvalue weighted by molar-refractivity contribution is 7.99. The first-order valence-corrected chi connectivity index (χ1v) is 10.1. The number of hydrogen-bond donors (Lipinski definition) is 1. The number of para-hydroxylation sites is 1. The fourth-order valence-electron chi connectivity index (χ4n) is 2.58. The Morgan fingerprint density at radius 2 is 1.78 bits per heavy atom. The van der Waals surface area contributed by atoms with E-state index in [9.17, 15) is 13.2 Å². The first-order chi connectivity index (χ1) is 15.3. The standard InChI is InChI=1S/C19H15F3N8OS/c1-30(12-5-3-2-4-6-12)18-27-14(26-17(23)28-18)15-25-16(31-29-15)11-7-8-13(24-9-11)32-10-19(20,21)22/h2-9H,10H2,1H3,(H2,23,26,27,28). The van der Waals surface area contributed by atoms with Gasteiger partial charge in [-0.05, 0) is 24.3 Å². The number of aromatic nitrogens is 6. The second-order valence-electron chi connectivity index (χ2n) is 6.42. The zero-order valence-corrected chi connectivity index (χ0v) is 17.3. The maximum atomic E-state index is 12.3. The molecule has 9 nitrogen and oxygen atoms in total. The maximum absolute atomic E-state index is 12.3. The highest BCUT2D eigenvalue weighted by atomic mass is 32.2. The minimum absolute atomic E-state index is 0.0214. The van der Waals surface area contributed by atoms with Gasteiger partial charge in [0.1, 0.15) is 0 Å². The van der Waals surface area contributed by atoms with Crippen LogP contribution in [0.1, 0.15) is 0 Å². The van der Waals surface area contributed by atoms with Crippen LogP contribution in [-0.2, 0) is 0 Å². The molecule has 0 spiro atoms. The summed E-state index contributed by atoms with van der Waals surface area (Å²) in [5.74, 6) is -0.464. The molecule has 0 aliphatic rings. The number of hydrogen-bond acceptors (Lipinski definition) is 10. The molecular formula is C19H15F3N8OS. The van der Waals surface area contributed by atoms with E-state index < -0.39 is 11.9 Å². The average Bonchev–Trinajstić information content (AvgIpc) is 3.28. The monoisotopic (exact) mass is 460 g/mol. The number of halogens is 3. The van der Waals surface area contributed by atoms with E-state index in [1.165, 1.54) is 12.3 Å². The third-order valence-corrected chi connectivity index (χ3v) is 5.09. The van der Waals surface area contributed by atoms with Crippen molar-refractivity contribution in [3.05, 3.63) is 48.7 Å². The highest BCUT2D eigenvalue weighted by Gasteiger charge is 2.27. The average molecular weight is 460 g/mol. The molecule has 4 aromatic rings. The number of alkyl halides is 3. The molecule has 0 radical (unpaired) electrons. The number of anilines is 3. The molecule has 32 heavy (non-hydrogen) atoms. The Kier molecular flexibility index (Phi) is 5.90. The lowest BCUT2D eigenvalue weighted by atomic mass is 10.3. The minimum Gasteiger partial charge on any atom is -0.368 e. The third-order valence-electron chi connectivity index (χ3n) is 4.08. The van der Waals surface area contributed by atoms with E-state index in [0.29, 0.717) is 17.3 Å². The van der Waals surface area contributed by atoms with Gasteiger partial charge in [0.05, 0.1) is 16.3 Å². The van der Waals surface area contributed by atoms with Crippen molar-refractivity contribution in [2.24, 2.45) is 0 Å². The van der Waals surface area contributed by atoms with Crippen LogP contribution >= 0.6 is 11.8 Å². The van der Waals surface area contributed by atoms with Crippen LogP contribution < -0.4 is 10.6 Å². The fraction of sp³-hybridized carbons (Fsp3) is 0.158. The SMILES string of the molecule is CN(c1ccccc1)c1nc(N)nc(-c2noc(-c3ccc(SCC(F)(F)F)nc3)n2)n1. The molecule has 0 atom stereocenters. The van der Waals surface area contributed by atoms with Crippen molar-refractivity contribution in [3.8, 4) is 23.1 Å². The Labute approximate surface area is 183 Å². The van der Waals surface area contributed by atoms with Crippen LogP contribution in [0.4, 0.5) is 30.8 Å². The van der Waals surface area contributed by atoms with Crippen molar-refractivity contribution in [2.75, 3.05) is 23.4 Å². The van der Waals surface area contributed by atoms with Gasteiger partial charge in [-0.1, -0.05) is 35.1 Å². The van der Waals surface area contributed by atoms with Gasteiger partial charge in [-0.25, -0.2) is 4.98 Å². The first-order valence-electron chi connectivity index (χ1n) is 9.09. The van der Waals surface area contributed by atoms with Crippen LogP contribution in [0.2, 0.25) is 0 Å². The summed E-state index contributed by atoms with van der Waals surface area (Å²) in [6.45, 7) is 0. The number of pyridine rings is 1. The lowest BCUT2D eigenvalue weighted by Gasteiger charge is -2.17. The summed E-state index contributed by atoms with van der Waals surface area (Å²) >= 11 is 0.589. The summed E-state index contributed by atoms with van der Waals surface area (Å²) in [4.78, 5) is 22.5. The largest absolute Gasteiger partial charge is 0.398 e. The number of thioether (sulfide) groups is 1. The second-order valence-corrected chi connectivity index (χ2v) is 7.42. The highest BCUT2D eigenvalue weighted by Crippen LogP contribution is 2.28. The molecular weight excluding hydrogens is 445 g/mol. The number of rotatable bonds is 6. The van der Waals surface area contributed by atoms with Crippen molar-refractivity contribution in [1.29, 1.82) is 0 Å². The predicted octanol–water partition coefficient (Wildman–Crippen LogP) is 3.99. The van der Waals surface area contributed by atoms with Gasteiger partial charge in [-0.15, -0.1) is 0 Å².